The molecule has 2 aromatic rings. The van der Waals surface area contributed by atoms with Gasteiger partial charge in [0, 0.05) is 24.2 Å². The highest BCUT2D eigenvalue weighted by atomic mass is 19.1. The zero-order chi connectivity index (χ0) is 15.2. The molecular formula is C16H21FN4. The van der Waals surface area contributed by atoms with Crippen molar-refractivity contribution in [3.8, 4) is 0 Å². The standard InChI is InChI=1S/C16H21FN4/c1-4-9-18-15-11(2)16(21-12(3)20-15)19-10-13-7-5-6-8-14(13)17/h5-8H,4,9-10H2,1-3H3,(H2,18,19,20,21). The van der Waals surface area contributed by atoms with Gasteiger partial charge in [-0.15, -0.1) is 0 Å². The van der Waals surface area contributed by atoms with Crippen LogP contribution in [-0.4, -0.2) is 16.5 Å². The first-order valence-electron chi connectivity index (χ1n) is 7.18. The predicted molar refractivity (Wildman–Crippen MR) is 84.0 cm³/mol. The van der Waals surface area contributed by atoms with Gasteiger partial charge in [-0.25, -0.2) is 14.4 Å². The van der Waals surface area contributed by atoms with E-state index in [4.69, 9.17) is 0 Å². The smallest absolute Gasteiger partial charge is 0.135 e. The van der Waals surface area contributed by atoms with Crippen molar-refractivity contribution in [3.05, 3.63) is 47.0 Å². The van der Waals surface area contributed by atoms with Gasteiger partial charge in [-0.3, -0.25) is 0 Å². The molecule has 0 aliphatic carbocycles. The van der Waals surface area contributed by atoms with Crippen molar-refractivity contribution in [2.75, 3.05) is 17.2 Å². The Kier molecular flexibility index (Phi) is 5.09. The minimum Gasteiger partial charge on any atom is -0.370 e. The molecule has 0 unspecified atom stereocenters. The van der Waals surface area contributed by atoms with Crippen LogP contribution >= 0.6 is 0 Å². The molecule has 0 atom stereocenters. The topological polar surface area (TPSA) is 49.8 Å². The highest BCUT2D eigenvalue weighted by molar-refractivity contribution is 5.57. The molecule has 4 nitrogen and oxygen atoms in total. The van der Waals surface area contributed by atoms with Gasteiger partial charge < -0.3 is 10.6 Å². The maximum Gasteiger partial charge on any atom is 0.135 e. The maximum atomic E-state index is 13.6. The number of aryl methyl sites for hydroxylation is 1. The molecule has 0 aliphatic heterocycles. The van der Waals surface area contributed by atoms with Gasteiger partial charge in [-0.1, -0.05) is 25.1 Å². The van der Waals surface area contributed by atoms with Gasteiger partial charge in [0.25, 0.3) is 0 Å². The number of hydrogen-bond donors (Lipinski definition) is 2. The summed E-state index contributed by atoms with van der Waals surface area (Å²) in [5, 5.41) is 6.48. The van der Waals surface area contributed by atoms with Crippen LogP contribution in [0.4, 0.5) is 16.0 Å². The Balaban J connectivity index is 2.16. The van der Waals surface area contributed by atoms with Crippen molar-refractivity contribution in [2.45, 2.75) is 33.7 Å². The van der Waals surface area contributed by atoms with Gasteiger partial charge in [-0.05, 0) is 26.3 Å². The fourth-order valence-electron chi connectivity index (χ4n) is 2.04. The van der Waals surface area contributed by atoms with E-state index in [1.807, 2.05) is 19.9 Å². The molecular weight excluding hydrogens is 267 g/mol. The fraction of sp³-hybridized carbons (Fsp3) is 0.375. The molecule has 2 N–H and O–H groups in total. The van der Waals surface area contributed by atoms with E-state index in [0.717, 1.165) is 30.2 Å². The first-order chi connectivity index (χ1) is 10.1. The third kappa shape index (κ3) is 3.90. The minimum absolute atomic E-state index is 0.210. The summed E-state index contributed by atoms with van der Waals surface area (Å²) in [6, 6.07) is 6.74. The lowest BCUT2D eigenvalue weighted by atomic mass is 10.2. The molecule has 112 valence electrons. The Bertz CT molecular complexity index is 613. The zero-order valence-electron chi connectivity index (χ0n) is 12.7. The summed E-state index contributed by atoms with van der Waals surface area (Å²) in [7, 11) is 0. The van der Waals surface area contributed by atoms with Gasteiger partial charge >= 0.3 is 0 Å². The van der Waals surface area contributed by atoms with Crippen LogP contribution in [0, 0.1) is 19.7 Å². The first-order valence-corrected chi connectivity index (χ1v) is 7.18. The van der Waals surface area contributed by atoms with E-state index in [1.54, 1.807) is 12.1 Å². The van der Waals surface area contributed by atoms with E-state index in [0.29, 0.717) is 17.9 Å². The second-order valence-electron chi connectivity index (χ2n) is 4.96. The lowest BCUT2D eigenvalue weighted by Crippen LogP contribution is -2.11. The van der Waals surface area contributed by atoms with Crippen LogP contribution in [0.5, 0.6) is 0 Å². The number of anilines is 2. The number of hydrogen-bond acceptors (Lipinski definition) is 4. The maximum absolute atomic E-state index is 13.6. The largest absolute Gasteiger partial charge is 0.370 e. The van der Waals surface area contributed by atoms with Crippen LogP contribution in [0.25, 0.3) is 0 Å². The number of rotatable bonds is 6. The monoisotopic (exact) mass is 288 g/mol. The summed E-state index contributed by atoms with van der Waals surface area (Å²) in [5.74, 6) is 2.05. The highest BCUT2D eigenvalue weighted by Crippen LogP contribution is 2.20. The van der Waals surface area contributed by atoms with Gasteiger partial charge in [0.2, 0.25) is 0 Å². The van der Waals surface area contributed by atoms with Crippen LogP contribution in [0.3, 0.4) is 0 Å². The average molecular weight is 288 g/mol. The van der Waals surface area contributed by atoms with Crippen molar-refractivity contribution >= 4 is 11.6 Å². The second kappa shape index (κ2) is 7.02. The number of nitrogens with zero attached hydrogens (tertiary/aromatic N) is 2. The SMILES string of the molecule is CCCNc1nc(C)nc(NCc2ccccc2F)c1C. The molecule has 0 fully saturated rings. The lowest BCUT2D eigenvalue weighted by Gasteiger charge is -2.14. The number of benzene rings is 1. The van der Waals surface area contributed by atoms with Crippen LogP contribution in [0.2, 0.25) is 0 Å². The van der Waals surface area contributed by atoms with Crippen molar-refractivity contribution in [1.82, 2.24) is 9.97 Å². The van der Waals surface area contributed by atoms with Crippen LogP contribution in [0.15, 0.2) is 24.3 Å². The van der Waals surface area contributed by atoms with E-state index in [-0.39, 0.29) is 5.82 Å². The predicted octanol–water partition coefficient (Wildman–Crippen LogP) is 3.67. The molecule has 21 heavy (non-hydrogen) atoms. The van der Waals surface area contributed by atoms with Gasteiger partial charge in [-0.2, -0.15) is 0 Å². The molecule has 0 aliphatic rings. The van der Waals surface area contributed by atoms with Gasteiger partial charge in [0.15, 0.2) is 0 Å². The third-order valence-corrected chi connectivity index (χ3v) is 3.20. The average Bonchev–Trinajstić information content (AvgIpc) is 2.47. The normalized spacial score (nSPS) is 10.5. The molecule has 5 heteroatoms. The Morgan fingerprint density at radius 2 is 1.71 bits per heavy atom. The Morgan fingerprint density at radius 3 is 2.38 bits per heavy atom. The quantitative estimate of drug-likeness (QED) is 0.851. The summed E-state index contributed by atoms with van der Waals surface area (Å²) in [4.78, 5) is 8.81. The second-order valence-corrected chi connectivity index (χ2v) is 4.96. The van der Waals surface area contributed by atoms with Crippen molar-refractivity contribution in [3.63, 3.8) is 0 Å². The molecule has 1 heterocycles. The van der Waals surface area contributed by atoms with Crippen molar-refractivity contribution in [1.29, 1.82) is 0 Å². The molecule has 0 bridgehead atoms. The Labute approximate surface area is 124 Å². The summed E-state index contributed by atoms with van der Waals surface area (Å²) in [5.41, 5.74) is 1.57. The molecule has 1 aromatic carbocycles. The Morgan fingerprint density at radius 1 is 1.05 bits per heavy atom. The molecule has 2 rings (SSSR count). The molecule has 0 spiro atoms. The number of aromatic nitrogens is 2. The first kappa shape index (κ1) is 15.2. The zero-order valence-corrected chi connectivity index (χ0v) is 12.7. The van der Waals surface area contributed by atoms with Crippen LogP contribution in [0.1, 0.15) is 30.3 Å². The van der Waals surface area contributed by atoms with E-state index in [2.05, 4.69) is 27.5 Å². The third-order valence-electron chi connectivity index (χ3n) is 3.20. The van der Waals surface area contributed by atoms with Crippen LogP contribution < -0.4 is 10.6 Å². The fourth-order valence-corrected chi connectivity index (χ4v) is 2.04. The van der Waals surface area contributed by atoms with Gasteiger partial charge in [0.05, 0.1) is 0 Å². The summed E-state index contributed by atoms with van der Waals surface area (Å²) in [6.07, 6.45) is 1.03. The van der Waals surface area contributed by atoms with Crippen molar-refractivity contribution < 1.29 is 4.39 Å². The number of halogens is 1. The molecule has 0 saturated heterocycles. The lowest BCUT2D eigenvalue weighted by molar-refractivity contribution is 0.613. The highest BCUT2D eigenvalue weighted by Gasteiger charge is 2.09. The molecule has 0 saturated carbocycles. The summed E-state index contributed by atoms with van der Waals surface area (Å²) < 4.78 is 13.6. The van der Waals surface area contributed by atoms with E-state index >= 15 is 0 Å². The van der Waals surface area contributed by atoms with Crippen LogP contribution in [-0.2, 0) is 6.54 Å². The Hall–Kier alpha value is -2.17. The number of nitrogens with one attached hydrogen (secondary N) is 2. The molecule has 1 aromatic heterocycles. The van der Waals surface area contributed by atoms with E-state index < -0.39 is 0 Å². The molecule has 0 amide bonds. The van der Waals surface area contributed by atoms with Gasteiger partial charge in [0.1, 0.15) is 23.3 Å². The minimum atomic E-state index is -0.210. The summed E-state index contributed by atoms with van der Waals surface area (Å²) in [6.45, 7) is 7.18. The molecule has 0 radical (unpaired) electrons. The summed E-state index contributed by atoms with van der Waals surface area (Å²) >= 11 is 0. The van der Waals surface area contributed by atoms with E-state index in [1.165, 1.54) is 6.07 Å². The van der Waals surface area contributed by atoms with E-state index in [9.17, 15) is 4.39 Å². The van der Waals surface area contributed by atoms with Crippen molar-refractivity contribution in [2.24, 2.45) is 0 Å².